The van der Waals surface area contributed by atoms with Gasteiger partial charge in [-0.1, -0.05) is 30.3 Å². The van der Waals surface area contributed by atoms with Crippen molar-refractivity contribution in [1.29, 1.82) is 0 Å². The highest BCUT2D eigenvalue weighted by Gasteiger charge is 2.18. The molecule has 100 valence electrons. The third-order valence-corrected chi connectivity index (χ3v) is 4.36. The summed E-state index contributed by atoms with van der Waals surface area (Å²) in [6.07, 6.45) is 0.297. The van der Waals surface area contributed by atoms with E-state index in [-0.39, 0.29) is 18.7 Å². The van der Waals surface area contributed by atoms with Gasteiger partial charge in [0.25, 0.3) is 0 Å². The molecule has 0 unspecified atom stereocenters. The first-order chi connectivity index (χ1) is 8.42. The maximum atomic E-state index is 12.0. The highest BCUT2D eigenvalue weighted by Crippen LogP contribution is 2.09. The zero-order valence-corrected chi connectivity index (χ0v) is 11.1. The van der Waals surface area contributed by atoms with Crippen LogP contribution in [0.4, 0.5) is 0 Å². The molecule has 0 amide bonds. The Hall–Kier alpha value is -1.40. The molecule has 0 heterocycles. The fourth-order valence-electron chi connectivity index (χ4n) is 1.49. The van der Waals surface area contributed by atoms with Crippen LogP contribution in [0.15, 0.2) is 30.3 Å². The summed E-state index contributed by atoms with van der Waals surface area (Å²) in [5.41, 5.74) is 0.725. The number of hydrogen-bond donors (Lipinski definition) is 1. The van der Waals surface area contributed by atoms with Crippen LogP contribution in [0, 0.1) is 0 Å². The van der Waals surface area contributed by atoms with E-state index >= 15 is 0 Å². The summed E-state index contributed by atoms with van der Waals surface area (Å²) in [5, 5.41) is 8.50. The Morgan fingerprint density at radius 2 is 1.89 bits per heavy atom. The summed E-state index contributed by atoms with van der Waals surface area (Å²) in [4.78, 5) is 10.4. The zero-order chi connectivity index (χ0) is 13.6. The van der Waals surface area contributed by atoms with Crippen LogP contribution in [0.3, 0.4) is 0 Å². The van der Waals surface area contributed by atoms with Gasteiger partial charge in [-0.2, -0.15) is 0 Å². The quantitative estimate of drug-likeness (QED) is 0.811. The molecule has 1 aromatic rings. The Morgan fingerprint density at radius 1 is 1.28 bits per heavy atom. The van der Waals surface area contributed by atoms with Crippen LogP contribution in [0.1, 0.15) is 18.4 Å². The van der Waals surface area contributed by atoms with E-state index in [1.54, 1.807) is 24.3 Å². The van der Waals surface area contributed by atoms with Gasteiger partial charge in [-0.25, -0.2) is 12.7 Å². The summed E-state index contributed by atoms with van der Waals surface area (Å²) >= 11 is 0. The van der Waals surface area contributed by atoms with Gasteiger partial charge in [-0.05, 0) is 12.0 Å². The molecule has 0 saturated heterocycles. The molecule has 1 rings (SSSR count). The molecule has 1 N–H and O–H groups in total. The predicted octanol–water partition coefficient (Wildman–Crippen LogP) is 1.31. The number of carboxylic acid groups (broad SMARTS) is 1. The number of hydrogen-bond acceptors (Lipinski definition) is 3. The molecule has 0 aliphatic carbocycles. The fraction of sp³-hybridized carbons (Fsp3) is 0.417. The van der Waals surface area contributed by atoms with E-state index in [2.05, 4.69) is 0 Å². The fourth-order valence-corrected chi connectivity index (χ4v) is 2.73. The highest BCUT2D eigenvalue weighted by atomic mass is 32.2. The van der Waals surface area contributed by atoms with Gasteiger partial charge in [0.2, 0.25) is 10.0 Å². The van der Waals surface area contributed by atoms with E-state index in [4.69, 9.17) is 5.11 Å². The summed E-state index contributed by atoms with van der Waals surface area (Å²) in [6, 6.07) is 8.91. The number of benzene rings is 1. The molecule has 0 atom stereocenters. The smallest absolute Gasteiger partial charge is 0.303 e. The van der Waals surface area contributed by atoms with Crippen molar-refractivity contribution in [3.63, 3.8) is 0 Å². The van der Waals surface area contributed by atoms with Crippen molar-refractivity contribution in [2.45, 2.75) is 18.6 Å². The minimum atomic E-state index is -3.37. The summed E-state index contributed by atoms with van der Waals surface area (Å²) in [7, 11) is -1.90. The van der Waals surface area contributed by atoms with Gasteiger partial charge in [0, 0.05) is 20.0 Å². The third kappa shape index (κ3) is 4.85. The van der Waals surface area contributed by atoms with E-state index < -0.39 is 16.0 Å². The second-order valence-corrected chi connectivity index (χ2v) is 6.14. The van der Waals surface area contributed by atoms with Crippen LogP contribution in [0.5, 0.6) is 0 Å². The Kier molecular flexibility index (Phi) is 5.30. The Balaban J connectivity index is 2.55. The van der Waals surface area contributed by atoms with E-state index in [0.29, 0.717) is 6.42 Å². The monoisotopic (exact) mass is 271 g/mol. The molecule has 0 spiro atoms. The molecule has 0 fully saturated rings. The number of carbonyl (C=O) groups is 1. The van der Waals surface area contributed by atoms with Gasteiger partial charge in [0.1, 0.15) is 0 Å². The minimum absolute atomic E-state index is 0.0226. The first-order valence-corrected chi connectivity index (χ1v) is 7.22. The summed E-state index contributed by atoms with van der Waals surface area (Å²) in [6.45, 7) is 0.224. The van der Waals surface area contributed by atoms with Crippen molar-refractivity contribution in [1.82, 2.24) is 4.31 Å². The molecule has 6 heteroatoms. The average molecular weight is 271 g/mol. The van der Waals surface area contributed by atoms with Gasteiger partial charge < -0.3 is 5.11 Å². The Morgan fingerprint density at radius 3 is 2.44 bits per heavy atom. The topological polar surface area (TPSA) is 74.7 Å². The van der Waals surface area contributed by atoms with Crippen molar-refractivity contribution < 1.29 is 18.3 Å². The second kappa shape index (κ2) is 6.51. The van der Waals surface area contributed by atoms with Crippen molar-refractivity contribution in [3.05, 3.63) is 35.9 Å². The maximum Gasteiger partial charge on any atom is 0.303 e. The Bertz CT molecular complexity index is 484. The van der Waals surface area contributed by atoms with Gasteiger partial charge in [-0.3, -0.25) is 4.79 Å². The van der Waals surface area contributed by atoms with E-state index in [1.165, 1.54) is 11.4 Å². The number of sulfonamides is 1. The van der Waals surface area contributed by atoms with E-state index in [1.807, 2.05) is 6.07 Å². The molecule has 0 bridgehead atoms. The third-order valence-electron chi connectivity index (χ3n) is 2.53. The minimum Gasteiger partial charge on any atom is -0.481 e. The van der Waals surface area contributed by atoms with Gasteiger partial charge in [-0.15, -0.1) is 0 Å². The zero-order valence-electron chi connectivity index (χ0n) is 10.2. The van der Waals surface area contributed by atoms with Gasteiger partial charge in [0.15, 0.2) is 0 Å². The number of rotatable bonds is 7. The van der Waals surface area contributed by atoms with Crippen molar-refractivity contribution >= 4 is 16.0 Å². The average Bonchev–Trinajstić information content (AvgIpc) is 2.29. The van der Waals surface area contributed by atoms with Crippen molar-refractivity contribution in [2.75, 3.05) is 13.6 Å². The lowest BCUT2D eigenvalue weighted by atomic mass is 10.2. The Labute approximate surface area is 107 Å². The maximum absolute atomic E-state index is 12.0. The molecule has 0 aliphatic rings. The van der Waals surface area contributed by atoms with E-state index in [9.17, 15) is 13.2 Å². The van der Waals surface area contributed by atoms with Gasteiger partial charge in [0.05, 0.1) is 5.75 Å². The predicted molar refractivity (Wildman–Crippen MR) is 68.6 cm³/mol. The summed E-state index contributed by atoms with van der Waals surface area (Å²) < 4.78 is 25.1. The summed E-state index contributed by atoms with van der Waals surface area (Å²) in [5.74, 6) is -0.971. The molecule has 1 aromatic carbocycles. The number of aliphatic carboxylic acids is 1. The highest BCUT2D eigenvalue weighted by molar-refractivity contribution is 7.88. The number of carboxylic acids is 1. The van der Waals surface area contributed by atoms with Crippen LogP contribution in [-0.2, 0) is 20.6 Å². The lowest BCUT2D eigenvalue weighted by Crippen LogP contribution is -2.29. The molecule has 5 nitrogen and oxygen atoms in total. The first-order valence-electron chi connectivity index (χ1n) is 5.61. The van der Waals surface area contributed by atoms with Crippen LogP contribution in [0.25, 0.3) is 0 Å². The van der Waals surface area contributed by atoms with Crippen molar-refractivity contribution in [2.24, 2.45) is 0 Å². The first kappa shape index (κ1) is 14.7. The lowest BCUT2D eigenvalue weighted by Gasteiger charge is -2.16. The normalized spacial score (nSPS) is 11.7. The molecule has 0 radical (unpaired) electrons. The molecule has 0 aliphatic heterocycles. The van der Waals surface area contributed by atoms with Gasteiger partial charge >= 0.3 is 5.97 Å². The molecular formula is C12H17NO4S. The molecular weight excluding hydrogens is 254 g/mol. The molecule has 0 aromatic heterocycles. The SMILES string of the molecule is CN(CCCC(=O)O)S(=O)(=O)Cc1ccccc1. The van der Waals surface area contributed by atoms with Crippen LogP contribution < -0.4 is 0 Å². The lowest BCUT2D eigenvalue weighted by molar-refractivity contribution is -0.137. The van der Waals surface area contributed by atoms with Crippen molar-refractivity contribution in [3.8, 4) is 0 Å². The van der Waals surface area contributed by atoms with Crippen LogP contribution in [-0.4, -0.2) is 37.4 Å². The second-order valence-electron chi connectivity index (χ2n) is 4.06. The largest absolute Gasteiger partial charge is 0.481 e. The molecule has 18 heavy (non-hydrogen) atoms. The van der Waals surface area contributed by atoms with Crippen LogP contribution >= 0.6 is 0 Å². The van der Waals surface area contributed by atoms with E-state index in [0.717, 1.165) is 5.56 Å². The standard InChI is InChI=1S/C12H17NO4S/c1-13(9-5-8-12(14)15)18(16,17)10-11-6-3-2-4-7-11/h2-4,6-7H,5,8-10H2,1H3,(H,14,15). The number of nitrogens with zero attached hydrogens (tertiary/aromatic N) is 1. The van der Waals surface area contributed by atoms with Crippen LogP contribution in [0.2, 0.25) is 0 Å². The molecule has 0 saturated carbocycles.